The molecule has 0 aliphatic carbocycles. The molecule has 4 nitrogen and oxygen atoms in total. The van der Waals surface area contributed by atoms with Crippen LogP contribution in [-0.2, 0) is 6.54 Å². The summed E-state index contributed by atoms with van der Waals surface area (Å²) in [5, 5.41) is 7.69. The van der Waals surface area contributed by atoms with E-state index < -0.39 is 0 Å². The first kappa shape index (κ1) is 13.4. The fourth-order valence-corrected chi connectivity index (χ4v) is 2.14. The van der Waals surface area contributed by atoms with Gasteiger partial charge in [-0.05, 0) is 23.3 Å². The van der Waals surface area contributed by atoms with Crippen molar-refractivity contribution in [3.8, 4) is 16.9 Å². The largest absolute Gasteiger partial charge is 0.494 e. The van der Waals surface area contributed by atoms with Gasteiger partial charge in [-0.15, -0.1) is 5.10 Å². The standard InChI is InChI=1S/C17H17N3O/c1-2-5-15(6-3-1)16-7-9-17(10-8-16)21-14-4-12-20-13-11-18-19-20/h1-3,5-11,13H,4,12,14H2. The lowest BCUT2D eigenvalue weighted by atomic mass is 10.1. The molecule has 0 aliphatic rings. The van der Waals surface area contributed by atoms with Crippen LogP contribution in [0.25, 0.3) is 11.1 Å². The maximum Gasteiger partial charge on any atom is 0.119 e. The minimum absolute atomic E-state index is 0.671. The van der Waals surface area contributed by atoms with Crippen LogP contribution in [0, 0.1) is 0 Å². The van der Waals surface area contributed by atoms with Crippen LogP contribution in [0.4, 0.5) is 0 Å². The van der Waals surface area contributed by atoms with E-state index in [1.165, 1.54) is 11.1 Å². The third-order valence-corrected chi connectivity index (χ3v) is 3.23. The summed E-state index contributed by atoms with van der Waals surface area (Å²) in [7, 11) is 0. The fourth-order valence-electron chi connectivity index (χ4n) is 2.14. The first-order chi connectivity index (χ1) is 10.4. The molecule has 1 heterocycles. The lowest BCUT2D eigenvalue weighted by Gasteiger charge is -2.07. The highest BCUT2D eigenvalue weighted by molar-refractivity contribution is 5.63. The predicted octanol–water partition coefficient (Wildman–Crippen LogP) is 3.41. The molecule has 0 bridgehead atoms. The molecule has 2 aromatic carbocycles. The second-order valence-electron chi connectivity index (χ2n) is 4.76. The van der Waals surface area contributed by atoms with E-state index in [0.29, 0.717) is 6.61 Å². The van der Waals surface area contributed by atoms with E-state index in [4.69, 9.17) is 4.74 Å². The van der Waals surface area contributed by atoms with Crippen molar-refractivity contribution in [2.45, 2.75) is 13.0 Å². The van der Waals surface area contributed by atoms with Gasteiger partial charge in [-0.2, -0.15) is 0 Å². The monoisotopic (exact) mass is 279 g/mol. The van der Waals surface area contributed by atoms with Gasteiger partial charge in [0.1, 0.15) is 5.75 Å². The van der Waals surface area contributed by atoms with Crippen LogP contribution < -0.4 is 4.74 Å². The molecule has 0 radical (unpaired) electrons. The van der Waals surface area contributed by atoms with Gasteiger partial charge < -0.3 is 4.74 Å². The number of hydrogen-bond donors (Lipinski definition) is 0. The third-order valence-electron chi connectivity index (χ3n) is 3.23. The highest BCUT2D eigenvalue weighted by Crippen LogP contribution is 2.22. The Bertz CT molecular complexity index is 648. The quantitative estimate of drug-likeness (QED) is 0.649. The third kappa shape index (κ3) is 3.69. The van der Waals surface area contributed by atoms with Crippen molar-refractivity contribution < 1.29 is 4.74 Å². The van der Waals surface area contributed by atoms with Crippen LogP contribution in [0.1, 0.15) is 6.42 Å². The minimum Gasteiger partial charge on any atom is -0.494 e. The van der Waals surface area contributed by atoms with Crippen LogP contribution in [0.15, 0.2) is 67.0 Å². The molecule has 3 aromatic rings. The lowest BCUT2D eigenvalue weighted by Crippen LogP contribution is -2.05. The summed E-state index contributed by atoms with van der Waals surface area (Å²) in [4.78, 5) is 0. The van der Waals surface area contributed by atoms with Crippen LogP contribution in [-0.4, -0.2) is 21.6 Å². The van der Waals surface area contributed by atoms with Gasteiger partial charge in [-0.3, -0.25) is 4.68 Å². The van der Waals surface area contributed by atoms with E-state index in [1.54, 1.807) is 6.20 Å². The van der Waals surface area contributed by atoms with E-state index in [1.807, 2.05) is 41.2 Å². The van der Waals surface area contributed by atoms with E-state index in [-0.39, 0.29) is 0 Å². The van der Waals surface area contributed by atoms with E-state index >= 15 is 0 Å². The van der Waals surface area contributed by atoms with Gasteiger partial charge in [0.15, 0.2) is 0 Å². The van der Waals surface area contributed by atoms with Gasteiger partial charge in [-0.1, -0.05) is 47.7 Å². The summed E-state index contributed by atoms with van der Waals surface area (Å²) in [6.45, 7) is 1.49. The van der Waals surface area contributed by atoms with Crippen molar-refractivity contribution in [1.29, 1.82) is 0 Å². The maximum atomic E-state index is 5.73. The molecular weight excluding hydrogens is 262 g/mol. The van der Waals surface area contributed by atoms with E-state index in [0.717, 1.165) is 18.7 Å². The fraction of sp³-hybridized carbons (Fsp3) is 0.176. The first-order valence-electron chi connectivity index (χ1n) is 7.04. The number of aromatic nitrogens is 3. The van der Waals surface area contributed by atoms with Crippen molar-refractivity contribution in [2.75, 3.05) is 6.61 Å². The van der Waals surface area contributed by atoms with Gasteiger partial charge in [0, 0.05) is 19.2 Å². The number of nitrogens with zero attached hydrogens (tertiary/aromatic N) is 3. The Labute approximate surface area is 124 Å². The molecule has 0 saturated heterocycles. The zero-order chi connectivity index (χ0) is 14.3. The Balaban J connectivity index is 1.50. The molecule has 0 aliphatic heterocycles. The molecule has 0 atom stereocenters. The molecule has 0 unspecified atom stereocenters. The Morgan fingerprint density at radius 1 is 0.905 bits per heavy atom. The second-order valence-corrected chi connectivity index (χ2v) is 4.76. The van der Waals surface area contributed by atoms with Crippen LogP contribution >= 0.6 is 0 Å². The molecule has 21 heavy (non-hydrogen) atoms. The van der Waals surface area contributed by atoms with Crippen LogP contribution in [0.5, 0.6) is 5.75 Å². The molecule has 0 N–H and O–H groups in total. The van der Waals surface area contributed by atoms with Crippen molar-refractivity contribution in [2.24, 2.45) is 0 Å². The van der Waals surface area contributed by atoms with Gasteiger partial charge in [-0.25, -0.2) is 0 Å². The average Bonchev–Trinajstić information content (AvgIpc) is 3.06. The molecule has 0 amide bonds. The summed E-state index contributed by atoms with van der Waals surface area (Å²) in [6, 6.07) is 18.5. The van der Waals surface area contributed by atoms with Gasteiger partial charge >= 0.3 is 0 Å². The van der Waals surface area contributed by atoms with Crippen molar-refractivity contribution in [1.82, 2.24) is 15.0 Å². The Kier molecular flexibility index (Phi) is 4.27. The van der Waals surface area contributed by atoms with Crippen molar-refractivity contribution >= 4 is 0 Å². The van der Waals surface area contributed by atoms with Crippen LogP contribution in [0.3, 0.4) is 0 Å². The van der Waals surface area contributed by atoms with E-state index in [9.17, 15) is 0 Å². The second kappa shape index (κ2) is 6.70. The van der Waals surface area contributed by atoms with Gasteiger partial charge in [0.2, 0.25) is 0 Å². The number of hydrogen-bond acceptors (Lipinski definition) is 3. The smallest absolute Gasteiger partial charge is 0.119 e. The molecule has 106 valence electrons. The Morgan fingerprint density at radius 3 is 2.38 bits per heavy atom. The van der Waals surface area contributed by atoms with E-state index in [2.05, 4.69) is 34.6 Å². The van der Waals surface area contributed by atoms with Crippen molar-refractivity contribution in [3.63, 3.8) is 0 Å². The Morgan fingerprint density at radius 2 is 1.67 bits per heavy atom. The number of benzene rings is 2. The maximum absolute atomic E-state index is 5.73. The highest BCUT2D eigenvalue weighted by Gasteiger charge is 1.98. The van der Waals surface area contributed by atoms with Gasteiger partial charge in [0.25, 0.3) is 0 Å². The molecule has 3 rings (SSSR count). The normalized spacial score (nSPS) is 10.5. The zero-order valence-corrected chi connectivity index (χ0v) is 11.7. The topological polar surface area (TPSA) is 39.9 Å². The summed E-state index contributed by atoms with van der Waals surface area (Å²) in [6.07, 6.45) is 4.45. The van der Waals surface area contributed by atoms with Gasteiger partial charge in [0.05, 0.1) is 12.8 Å². The number of aryl methyl sites for hydroxylation is 1. The molecule has 1 aromatic heterocycles. The SMILES string of the molecule is c1ccc(-c2ccc(OCCCn3ccnn3)cc2)cc1. The first-order valence-corrected chi connectivity index (χ1v) is 7.04. The highest BCUT2D eigenvalue weighted by atomic mass is 16.5. The molecule has 0 saturated carbocycles. The zero-order valence-electron chi connectivity index (χ0n) is 11.7. The van der Waals surface area contributed by atoms with Crippen molar-refractivity contribution in [3.05, 3.63) is 67.0 Å². The molecule has 4 heteroatoms. The Hall–Kier alpha value is -2.62. The number of ether oxygens (including phenoxy) is 1. The summed E-state index contributed by atoms with van der Waals surface area (Å²) < 4.78 is 7.54. The molecule has 0 fully saturated rings. The molecular formula is C17H17N3O. The summed E-state index contributed by atoms with van der Waals surface area (Å²) >= 11 is 0. The summed E-state index contributed by atoms with van der Waals surface area (Å²) in [5.74, 6) is 0.897. The number of rotatable bonds is 6. The lowest BCUT2D eigenvalue weighted by molar-refractivity contribution is 0.298. The molecule has 0 spiro atoms. The summed E-state index contributed by atoms with van der Waals surface area (Å²) in [5.41, 5.74) is 2.42. The average molecular weight is 279 g/mol. The van der Waals surface area contributed by atoms with Crippen LogP contribution in [0.2, 0.25) is 0 Å². The predicted molar refractivity (Wildman–Crippen MR) is 82.0 cm³/mol. The minimum atomic E-state index is 0.671.